The Kier molecular flexibility index (Phi) is 6.98. The third-order valence-electron chi connectivity index (χ3n) is 6.26. The van der Waals surface area contributed by atoms with Crippen LogP contribution in [0.25, 0.3) is 22.0 Å². The standard InChI is InChI=1S/C30H24FNO5S/c31-28-18-24(37-20-21-7-2-1-3-8-21)14-15-26(28)22-9-6-10-25(17-22)38(35,36)32-19-23(13-16-30(33)34)27-11-4-5-12-29(27)32/h1-12,14-15,17-19H,13,16,20H2,(H,33,34). The fourth-order valence-electron chi connectivity index (χ4n) is 4.36. The number of rotatable bonds is 9. The van der Waals surface area contributed by atoms with Crippen molar-refractivity contribution in [3.05, 3.63) is 120 Å². The molecule has 38 heavy (non-hydrogen) atoms. The number of aromatic nitrogens is 1. The first-order valence-electron chi connectivity index (χ1n) is 12.0. The van der Waals surface area contributed by atoms with E-state index in [2.05, 4.69) is 0 Å². The molecular formula is C30H24FNO5S. The molecule has 1 heterocycles. The quantitative estimate of drug-likeness (QED) is 0.243. The van der Waals surface area contributed by atoms with E-state index in [1.54, 1.807) is 48.5 Å². The van der Waals surface area contributed by atoms with Gasteiger partial charge in [-0.1, -0.05) is 60.7 Å². The Morgan fingerprint density at radius 2 is 1.66 bits per heavy atom. The molecule has 0 bridgehead atoms. The lowest BCUT2D eigenvalue weighted by atomic mass is 10.1. The molecule has 1 N–H and O–H groups in total. The van der Waals surface area contributed by atoms with Crippen LogP contribution in [0.5, 0.6) is 5.75 Å². The summed E-state index contributed by atoms with van der Waals surface area (Å²) in [6, 6.07) is 27.1. The van der Waals surface area contributed by atoms with Gasteiger partial charge in [0.2, 0.25) is 0 Å². The third kappa shape index (κ3) is 5.17. The van der Waals surface area contributed by atoms with Crippen LogP contribution in [0, 0.1) is 5.82 Å². The summed E-state index contributed by atoms with van der Waals surface area (Å²) in [4.78, 5) is 11.1. The molecule has 0 atom stereocenters. The van der Waals surface area contributed by atoms with E-state index in [-0.39, 0.29) is 23.3 Å². The zero-order chi connectivity index (χ0) is 26.7. The number of ether oxygens (including phenoxy) is 1. The van der Waals surface area contributed by atoms with Gasteiger partial charge in [-0.25, -0.2) is 16.8 Å². The molecule has 5 aromatic rings. The Labute approximate surface area is 219 Å². The summed E-state index contributed by atoms with van der Waals surface area (Å²) in [5, 5.41) is 9.76. The van der Waals surface area contributed by atoms with Gasteiger partial charge >= 0.3 is 5.97 Å². The number of hydrogen-bond donors (Lipinski definition) is 1. The van der Waals surface area contributed by atoms with Crippen molar-refractivity contribution in [2.45, 2.75) is 24.3 Å². The highest BCUT2D eigenvalue weighted by Gasteiger charge is 2.22. The summed E-state index contributed by atoms with van der Waals surface area (Å²) in [6.07, 6.45) is 1.55. The highest BCUT2D eigenvalue weighted by molar-refractivity contribution is 7.90. The van der Waals surface area contributed by atoms with Crippen molar-refractivity contribution in [2.24, 2.45) is 0 Å². The van der Waals surface area contributed by atoms with Crippen molar-refractivity contribution in [3.63, 3.8) is 0 Å². The van der Waals surface area contributed by atoms with E-state index < -0.39 is 21.8 Å². The predicted octanol–water partition coefficient (Wildman–Crippen LogP) is 6.28. The van der Waals surface area contributed by atoms with Crippen molar-refractivity contribution >= 4 is 26.9 Å². The van der Waals surface area contributed by atoms with E-state index in [0.29, 0.717) is 34.4 Å². The first kappa shape index (κ1) is 25.2. The van der Waals surface area contributed by atoms with E-state index in [1.807, 2.05) is 30.3 Å². The molecule has 0 saturated carbocycles. The lowest BCUT2D eigenvalue weighted by Gasteiger charge is -2.11. The smallest absolute Gasteiger partial charge is 0.303 e. The zero-order valence-corrected chi connectivity index (χ0v) is 21.1. The lowest BCUT2D eigenvalue weighted by molar-refractivity contribution is -0.136. The average molecular weight is 530 g/mol. The Bertz CT molecular complexity index is 1730. The van der Waals surface area contributed by atoms with Crippen LogP contribution in [0.4, 0.5) is 4.39 Å². The molecule has 192 valence electrons. The van der Waals surface area contributed by atoms with Crippen LogP contribution in [0.3, 0.4) is 0 Å². The molecule has 0 fully saturated rings. The van der Waals surface area contributed by atoms with Gasteiger partial charge in [-0.3, -0.25) is 4.79 Å². The minimum absolute atomic E-state index is 0.00987. The van der Waals surface area contributed by atoms with Crippen LogP contribution in [-0.4, -0.2) is 23.5 Å². The van der Waals surface area contributed by atoms with Crippen molar-refractivity contribution in [1.29, 1.82) is 0 Å². The second-order valence-corrected chi connectivity index (χ2v) is 10.6. The average Bonchev–Trinajstić information content (AvgIpc) is 3.31. The SMILES string of the molecule is O=C(O)CCc1cn(S(=O)(=O)c2cccc(-c3ccc(OCc4ccccc4)cc3F)c2)c2ccccc12. The molecule has 0 amide bonds. The van der Waals surface area contributed by atoms with Gasteiger partial charge in [0.05, 0.1) is 10.4 Å². The van der Waals surface area contributed by atoms with Crippen LogP contribution in [0.15, 0.2) is 108 Å². The fraction of sp³-hybridized carbons (Fsp3) is 0.100. The van der Waals surface area contributed by atoms with Crippen molar-refractivity contribution in [2.75, 3.05) is 0 Å². The third-order valence-corrected chi connectivity index (χ3v) is 7.93. The zero-order valence-electron chi connectivity index (χ0n) is 20.2. The molecule has 0 aliphatic heterocycles. The Hall–Kier alpha value is -4.43. The number of benzene rings is 4. The van der Waals surface area contributed by atoms with Crippen LogP contribution in [0.2, 0.25) is 0 Å². The highest BCUT2D eigenvalue weighted by Crippen LogP contribution is 2.31. The topological polar surface area (TPSA) is 85.6 Å². The van der Waals surface area contributed by atoms with Crippen LogP contribution in [0.1, 0.15) is 17.5 Å². The first-order valence-corrected chi connectivity index (χ1v) is 13.4. The van der Waals surface area contributed by atoms with Gasteiger partial charge in [-0.2, -0.15) is 0 Å². The molecule has 0 saturated heterocycles. The van der Waals surface area contributed by atoms with E-state index in [9.17, 15) is 13.2 Å². The summed E-state index contributed by atoms with van der Waals surface area (Å²) in [6.45, 7) is 0.298. The number of para-hydroxylation sites is 1. The summed E-state index contributed by atoms with van der Waals surface area (Å²) >= 11 is 0. The van der Waals surface area contributed by atoms with E-state index in [1.165, 1.54) is 24.4 Å². The lowest BCUT2D eigenvalue weighted by Crippen LogP contribution is -2.12. The molecule has 0 spiro atoms. The molecule has 1 aromatic heterocycles. The van der Waals surface area contributed by atoms with Crippen LogP contribution < -0.4 is 4.74 Å². The maximum absolute atomic E-state index is 15.1. The molecule has 0 aliphatic rings. The number of nitrogens with zero attached hydrogens (tertiary/aromatic N) is 1. The van der Waals surface area contributed by atoms with E-state index >= 15 is 4.39 Å². The molecule has 4 aromatic carbocycles. The maximum Gasteiger partial charge on any atom is 0.303 e. The largest absolute Gasteiger partial charge is 0.489 e. The molecule has 0 aliphatic carbocycles. The van der Waals surface area contributed by atoms with Crippen LogP contribution in [-0.2, 0) is 27.8 Å². The van der Waals surface area contributed by atoms with Crippen molar-refractivity contribution in [1.82, 2.24) is 3.97 Å². The van der Waals surface area contributed by atoms with Gasteiger partial charge < -0.3 is 9.84 Å². The summed E-state index contributed by atoms with van der Waals surface area (Å²) in [7, 11) is -4.05. The number of fused-ring (bicyclic) bond motifs is 1. The monoisotopic (exact) mass is 529 g/mol. The van der Waals surface area contributed by atoms with E-state index in [4.69, 9.17) is 9.84 Å². The molecule has 8 heteroatoms. The van der Waals surface area contributed by atoms with Crippen LogP contribution >= 0.6 is 0 Å². The minimum atomic E-state index is -4.05. The molecule has 0 radical (unpaired) electrons. The van der Waals surface area contributed by atoms with Crippen molar-refractivity contribution in [3.8, 4) is 16.9 Å². The summed E-state index contributed by atoms with van der Waals surface area (Å²) in [5.74, 6) is -1.13. The van der Waals surface area contributed by atoms with Gasteiger partial charge in [0.1, 0.15) is 18.2 Å². The molecular weight excluding hydrogens is 505 g/mol. The number of halogens is 1. The maximum atomic E-state index is 15.1. The van der Waals surface area contributed by atoms with Gasteiger partial charge in [0.15, 0.2) is 0 Å². The number of carboxylic acid groups (broad SMARTS) is 1. The first-order chi connectivity index (χ1) is 18.3. The number of hydrogen-bond acceptors (Lipinski definition) is 4. The number of carbonyl (C=O) groups is 1. The predicted molar refractivity (Wildman–Crippen MR) is 143 cm³/mol. The number of aryl methyl sites for hydroxylation is 1. The Morgan fingerprint density at radius 3 is 2.42 bits per heavy atom. The second kappa shape index (κ2) is 10.5. The minimum Gasteiger partial charge on any atom is -0.489 e. The fourth-order valence-corrected chi connectivity index (χ4v) is 5.79. The number of aliphatic carboxylic acids is 1. The van der Waals surface area contributed by atoms with Gasteiger partial charge in [-0.15, -0.1) is 0 Å². The molecule has 5 rings (SSSR count). The Balaban J connectivity index is 1.45. The van der Waals surface area contributed by atoms with Crippen molar-refractivity contribution < 1.29 is 27.4 Å². The molecule has 6 nitrogen and oxygen atoms in total. The van der Waals surface area contributed by atoms with Gasteiger partial charge in [0, 0.05) is 29.6 Å². The van der Waals surface area contributed by atoms with Gasteiger partial charge in [0.25, 0.3) is 10.0 Å². The summed E-state index contributed by atoms with van der Waals surface area (Å²) < 4.78 is 49.3. The summed E-state index contributed by atoms with van der Waals surface area (Å²) in [5.41, 5.74) is 2.68. The van der Waals surface area contributed by atoms with E-state index in [0.717, 1.165) is 9.54 Å². The number of carboxylic acids is 1. The Morgan fingerprint density at radius 1 is 0.895 bits per heavy atom. The second-order valence-electron chi connectivity index (χ2n) is 8.81. The highest BCUT2D eigenvalue weighted by atomic mass is 32.2. The van der Waals surface area contributed by atoms with Gasteiger partial charge in [-0.05, 0) is 53.4 Å². The molecule has 0 unspecified atom stereocenters. The normalized spacial score (nSPS) is 11.5.